The number of hydrogen-bond acceptors (Lipinski definition) is 0. The number of hydrogen-bond donors (Lipinski definition) is 0. The molecule has 6 atom stereocenters. The fourth-order valence-electron chi connectivity index (χ4n) is 6.87. The summed E-state index contributed by atoms with van der Waals surface area (Å²) in [6.07, 6.45) is 8.89. The van der Waals surface area contributed by atoms with Crippen LogP contribution in [0, 0.1) is 35.5 Å². The molecule has 2 fully saturated rings. The summed E-state index contributed by atoms with van der Waals surface area (Å²) >= 11 is 0. The molecule has 2 aliphatic rings. The van der Waals surface area contributed by atoms with Gasteiger partial charge in [-0.25, -0.2) is 0 Å². The molecule has 0 nitrogen and oxygen atoms in total. The van der Waals surface area contributed by atoms with Gasteiger partial charge in [-0.3, -0.25) is 0 Å². The third kappa shape index (κ3) is 4.89. The molecule has 6 unspecified atom stereocenters. The summed E-state index contributed by atoms with van der Waals surface area (Å²) in [6, 6.07) is 11.9. The topological polar surface area (TPSA) is 0 Å². The summed E-state index contributed by atoms with van der Waals surface area (Å²) in [6.45, 7) is 15.1. The molecule has 1 heteroatoms. The van der Waals surface area contributed by atoms with Crippen LogP contribution in [0.25, 0.3) is 0 Å². The predicted molar refractivity (Wildman–Crippen MR) is 123 cm³/mol. The average molecular weight is 385 g/mol. The first-order valence-electron chi connectivity index (χ1n) is 11.9. The van der Waals surface area contributed by atoms with Gasteiger partial charge in [0.2, 0.25) is 0 Å². The van der Waals surface area contributed by atoms with Crippen LogP contribution in [0.5, 0.6) is 0 Å². The van der Waals surface area contributed by atoms with Crippen molar-refractivity contribution in [3.05, 3.63) is 30.3 Å². The second-order valence-corrected chi connectivity index (χ2v) is 14.3. The van der Waals surface area contributed by atoms with Crippen molar-refractivity contribution in [2.75, 3.05) is 0 Å². The van der Waals surface area contributed by atoms with Crippen LogP contribution >= 0.6 is 0 Å². The van der Waals surface area contributed by atoms with Crippen molar-refractivity contribution < 1.29 is 0 Å². The zero-order valence-corrected chi connectivity index (χ0v) is 20.0. The highest BCUT2D eigenvalue weighted by Gasteiger charge is 2.45. The molecule has 27 heavy (non-hydrogen) atoms. The maximum absolute atomic E-state index is 2.53. The van der Waals surface area contributed by atoms with Crippen LogP contribution in [0.15, 0.2) is 30.3 Å². The smallest absolute Gasteiger partial charge is 0.0633 e. The molecule has 0 N–H and O–H groups in total. The Morgan fingerprint density at radius 1 is 0.704 bits per heavy atom. The minimum Gasteiger partial charge on any atom is -0.0633 e. The van der Waals surface area contributed by atoms with Crippen molar-refractivity contribution in [1.82, 2.24) is 0 Å². The Balaban J connectivity index is 2.02. The van der Waals surface area contributed by atoms with E-state index in [1.807, 2.05) is 0 Å². The minimum absolute atomic E-state index is 0.847. The Bertz CT molecular complexity index is 531. The van der Waals surface area contributed by atoms with Gasteiger partial charge in [-0.1, -0.05) is 89.9 Å². The van der Waals surface area contributed by atoms with Gasteiger partial charge >= 0.3 is 0 Å². The van der Waals surface area contributed by atoms with Crippen LogP contribution in [-0.2, 0) is 0 Å². The monoisotopic (exact) mass is 384 g/mol. The Kier molecular flexibility index (Phi) is 7.28. The van der Waals surface area contributed by atoms with Crippen LogP contribution in [0.4, 0.5) is 0 Å². The molecule has 2 saturated carbocycles. The molecule has 0 aliphatic heterocycles. The largest absolute Gasteiger partial charge is 0.0775 e. The van der Waals surface area contributed by atoms with Gasteiger partial charge in [0.05, 0.1) is 8.80 Å². The zero-order valence-electron chi connectivity index (χ0n) is 18.8. The minimum atomic E-state index is -1.06. The van der Waals surface area contributed by atoms with E-state index in [1.54, 1.807) is 5.19 Å². The first-order chi connectivity index (χ1) is 12.9. The van der Waals surface area contributed by atoms with Crippen LogP contribution in [0.3, 0.4) is 0 Å². The molecule has 0 amide bonds. The molecule has 0 bridgehead atoms. The SMILES string of the molecule is CC1CCC(C(C)C)C([SiH](c2ccccc2)C2CC(C)CCC2C(C)C)C1. The molecule has 1 aromatic rings. The molecule has 1 aromatic carbocycles. The van der Waals surface area contributed by atoms with Gasteiger partial charge in [-0.2, -0.15) is 0 Å². The number of rotatable bonds is 5. The van der Waals surface area contributed by atoms with E-state index in [2.05, 4.69) is 71.9 Å². The third-order valence-electron chi connectivity index (χ3n) is 8.25. The Labute approximate surface area is 171 Å². The van der Waals surface area contributed by atoms with E-state index >= 15 is 0 Å². The van der Waals surface area contributed by atoms with E-state index in [0.29, 0.717) is 0 Å². The zero-order chi connectivity index (χ0) is 19.6. The highest BCUT2D eigenvalue weighted by Crippen LogP contribution is 2.51. The van der Waals surface area contributed by atoms with Gasteiger partial charge in [0.1, 0.15) is 0 Å². The van der Waals surface area contributed by atoms with Gasteiger partial charge in [0.25, 0.3) is 0 Å². The predicted octanol–water partition coefficient (Wildman–Crippen LogP) is 7.05. The first-order valence-corrected chi connectivity index (χ1v) is 13.8. The molecule has 0 spiro atoms. The Hall–Kier alpha value is -0.563. The van der Waals surface area contributed by atoms with Gasteiger partial charge in [0.15, 0.2) is 0 Å². The molecule has 2 aliphatic carbocycles. The van der Waals surface area contributed by atoms with Crippen LogP contribution in [-0.4, -0.2) is 8.80 Å². The average Bonchev–Trinajstić information content (AvgIpc) is 2.62. The van der Waals surface area contributed by atoms with Crippen LogP contribution in [0.2, 0.25) is 11.1 Å². The van der Waals surface area contributed by atoms with E-state index < -0.39 is 8.80 Å². The van der Waals surface area contributed by atoms with Crippen molar-refractivity contribution >= 4 is 14.0 Å². The molecule has 152 valence electrons. The lowest BCUT2D eigenvalue weighted by molar-refractivity contribution is 0.209. The third-order valence-corrected chi connectivity index (χ3v) is 12.8. The Morgan fingerprint density at radius 3 is 1.56 bits per heavy atom. The lowest BCUT2D eigenvalue weighted by atomic mass is 9.76. The van der Waals surface area contributed by atoms with Gasteiger partial charge < -0.3 is 0 Å². The van der Waals surface area contributed by atoms with Crippen molar-refractivity contribution in [1.29, 1.82) is 0 Å². The molecule has 0 radical (unpaired) electrons. The number of benzene rings is 1. The van der Waals surface area contributed by atoms with E-state index in [9.17, 15) is 0 Å². The molecule has 0 heterocycles. The summed E-state index contributed by atoms with van der Waals surface area (Å²) in [4.78, 5) is 0. The van der Waals surface area contributed by atoms with E-state index in [0.717, 1.165) is 46.6 Å². The molecular formula is C26H44Si. The maximum atomic E-state index is 2.53. The molecule has 3 rings (SSSR count). The van der Waals surface area contributed by atoms with E-state index in [4.69, 9.17) is 0 Å². The maximum Gasteiger partial charge on any atom is 0.0775 e. The summed E-state index contributed by atoms with van der Waals surface area (Å²) < 4.78 is 0. The second-order valence-electron chi connectivity index (χ2n) is 10.9. The highest BCUT2D eigenvalue weighted by molar-refractivity contribution is 6.76. The van der Waals surface area contributed by atoms with Gasteiger partial charge in [-0.15, -0.1) is 0 Å². The molecular weight excluding hydrogens is 340 g/mol. The summed E-state index contributed by atoms with van der Waals surface area (Å²) in [5.41, 5.74) is 2.01. The van der Waals surface area contributed by atoms with Gasteiger partial charge in [-0.05, 0) is 72.3 Å². The van der Waals surface area contributed by atoms with Crippen molar-refractivity contribution in [3.8, 4) is 0 Å². The quantitative estimate of drug-likeness (QED) is 0.477. The fourth-order valence-corrected chi connectivity index (χ4v) is 13.0. The van der Waals surface area contributed by atoms with Crippen molar-refractivity contribution in [2.24, 2.45) is 35.5 Å². The van der Waals surface area contributed by atoms with Crippen molar-refractivity contribution in [2.45, 2.75) is 91.1 Å². The molecule has 0 saturated heterocycles. The second kappa shape index (κ2) is 9.29. The highest BCUT2D eigenvalue weighted by atomic mass is 28.3. The lowest BCUT2D eigenvalue weighted by Crippen LogP contribution is -2.49. The van der Waals surface area contributed by atoms with Crippen LogP contribution < -0.4 is 5.19 Å². The van der Waals surface area contributed by atoms with Crippen molar-refractivity contribution in [3.63, 3.8) is 0 Å². The summed E-state index contributed by atoms with van der Waals surface area (Å²) in [5.74, 6) is 5.48. The first kappa shape index (κ1) is 21.2. The standard InChI is InChI=1S/C26H44Si/c1-18(2)23-14-12-20(5)16-25(23)27(22-10-8-7-9-11-22)26-17-21(6)13-15-24(26)19(3)4/h7-11,18-21,23-27H,12-17H2,1-6H3. The lowest BCUT2D eigenvalue weighted by Gasteiger charge is -2.49. The van der Waals surface area contributed by atoms with E-state index in [-0.39, 0.29) is 0 Å². The normalized spacial score (nSPS) is 36.1. The van der Waals surface area contributed by atoms with Crippen LogP contribution in [0.1, 0.15) is 80.1 Å². The van der Waals surface area contributed by atoms with Gasteiger partial charge in [0, 0.05) is 0 Å². The summed E-state index contributed by atoms with van der Waals surface area (Å²) in [7, 11) is -1.06. The summed E-state index contributed by atoms with van der Waals surface area (Å²) in [5, 5.41) is 1.78. The Morgan fingerprint density at radius 2 is 1.15 bits per heavy atom. The fraction of sp³-hybridized carbons (Fsp3) is 0.769. The molecule has 0 aromatic heterocycles. The van der Waals surface area contributed by atoms with E-state index in [1.165, 1.54) is 38.5 Å².